The lowest BCUT2D eigenvalue weighted by Gasteiger charge is -2.16. The van der Waals surface area contributed by atoms with Crippen LogP contribution in [0.2, 0.25) is 0 Å². The summed E-state index contributed by atoms with van der Waals surface area (Å²) in [5, 5.41) is 8.00. The van der Waals surface area contributed by atoms with Crippen LogP contribution in [0.15, 0.2) is 0 Å². The molecule has 0 bridgehead atoms. The molecule has 0 fully saturated rings. The predicted octanol–water partition coefficient (Wildman–Crippen LogP) is 3.14. The molecule has 0 radical (unpaired) electrons. The predicted molar refractivity (Wildman–Crippen MR) is 68.8 cm³/mol. The molecule has 3 heteroatoms. The minimum Gasteiger partial charge on any atom is -0.313 e. The maximum Gasteiger partial charge on any atom is 0.0644 e. The first-order valence-corrected chi connectivity index (χ1v) is 6.29. The van der Waals surface area contributed by atoms with Crippen LogP contribution in [0.1, 0.15) is 62.6 Å². The summed E-state index contributed by atoms with van der Waals surface area (Å²) in [6, 6.07) is 0.916. The number of hydrogen-bond donors (Lipinski definition) is 1. The van der Waals surface area contributed by atoms with E-state index < -0.39 is 0 Å². The Labute approximate surface area is 99.2 Å². The van der Waals surface area contributed by atoms with E-state index in [1.165, 1.54) is 11.3 Å². The molecule has 0 aliphatic carbocycles. The molecule has 0 aromatic carbocycles. The Balaban J connectivity index is 3.15. The smallest absolute Gasteiger partial charge is 0.0644 e. The van der Waals surface area contributed by atoms with Gasteiger partial charge in [-0.3, -0.25) is 4.68 Å². The zero-order valence-corrected chi connectivity index (χ0v) is 11.5. The van der Waals surface area contributed by atoms with Crippen LogP contribution < -0.4 is 5.32 Å². The molecule has 1 heterocycles. The van der Waals surface area contributed by atoms with Crippen molar-refractivity contribution in [2.75, 3.05) is 7.05 Å². The van der Waals surface area contributed by atoms with Gasteiger partial charge < -0.3 is 5.32 Å². The SMILES string of the molecule is CCC(CC)n1nc(C)c(C(C)NC)c1C. The molecule has 1 aromatic heterocycles. The summed E-state index contributed by atoms with van der Waals surface area (Å²) in [7, 11) is 2.00. The van der Waals surface area contributed by atoms with Gasteiger partial charge in [0.05, 0.1) is 11.7 Å². The first kappa shape index (κ1) is 13.2. The van der Waals surface area contributed by atoms with Gasteiger partial charge >= 0.3 is 0 Å². The van der Waals surface area contributed by atoms with Gasteiger partial charge in [0.1, 0.15) is 0 Å². The lowest BCUT2D eigenvalue weighted by Crippen LogP contribution is -2.15. The third kappa shape index (κ3) is 2.29. The molecule has 1 aromatic rings. The van der Waals surface area contributed by atoms with Crippen LogP contribution in [0.25, 0.3) is 0 Å². The molecule has 1 atom stereocenters. The highest BCUT2D eigenvalue weighted by Gasteiger charge is 2.19. The van der Waals surface area contributed by atoms with Crippen molar-refractivity contribution < 1.29 is 0 Å². The van der Waals surface area contributed by atoms with Crippen molar-refractivity contribution >= 4 is 0 Å². The van der Waals surface area contributed by atoms with Crippen molar-refractivity contribution in [1.82, 2.24) is 15.1 Å². The average Bonchev–Trinajstić information content (AvgIpc) is 2.56. The molecule has 0 aliphatic heterocycles. The van der Waals surface area contributed by atoms with E-state index in [1.807, 2.05) is 7.05 Å². The minimum atomic E-state index is 0.378. The lowest BCUT2D eigenvalue weighted by molar-refractivity contribution is 0.417. The van der Waals surface area contributed by atoms with Gasteiger partial charge in [-0.25, -0.2) is 0 Å². The van der Waals surface area contributed by atoms with Gasteiger partial charge in [-0.15, -0.1) is 0 Å². The Morgan fingerprint density at radius 1 is 1.25 bits per heavy atom. The van der Waals surface area contributed by atoms with E-state index in [4.69, 9.17) is 5.10 Å². The van der Waals surface area contributed by atoms with E-state index in [0.29, 0.717) is 12.1 Å². The Morgan fingerprint density at radius 3 is 2.25 bits per heavy atom. The number of nitrogens with one attached hydrogen (secondary N) is 1. The first-order chi connectivity index (χ1) is 7.56. The van der Waals surface area contributed by atoms with Gasteiger partial charge in [-0.05, 0) is 40.7 Å². The number of rotatable bonds is 5. The molecule has 0 amide bonds. The van der Waals surface area contributed by atoms with Crippen molar-refractivity contribution in [3.05, 3.63) is 17.0 Å². The molecule has 0 spiro atoms. The largest absolute Gasteiger partial charge is 0.313 e. The van der Waals surface area contributed by atoms with Crippen molar-refractivity contribution in [2.45, 2.75) is 59.5 Å². The second-order valence-corrected chi connectivity index (χ2v) is 4.51. The standard InChI is InChI=1S/C13H25N3/c1-7-12(8-2)16-11(5)13(9(3)14-6)10(4)15-16/h9,12,14H,7-8H2,1-6H3. The first-order valence-electron chi connectivity index (χ1n) is 6.29. The van der Waals surface area contributed by atoms with Crippen molar-refractivity contribution in [3.8, 4) is 0 Å². The number of aromatic nitrogens is 2. The summed E-state index contributed by atoms with van der Waals surface area (Å²) in [5.41, 5.74) is 3.83. The summed E-state index contributed by atoms with van der Waals surface area (Å²) >= 11 is 0. The van der Waals surface area contributed by atoms with Crippen LogP contribution in [0.5, 0.6) is 0 Å². The highest BCUT2D eigenvalue weighted by molar-refractivity contribution is 5.28. The molecular formula is C13H25N3. The fourth-order valence-electron chi connectivity index (χ4n) is 2.44. The highest BCUT2D eigenvalue weighted by Crippen LogP contribution is 2.25. The maximum atomic E-state index is 4.70. The lowest BCUT2D eigenvalue weighted by atomic mass is 10.1. The molecule has 0 saturated heterocycles. The fraction of sp³-hybridized carbons (Fsp3) is 0.769. The van der Waals surface area contributed by atoms with Gasteiger partial charge in [0, 0.05) is 17.3 Å². The van der Waals surface area contributed by atoms with Crippen molar-refractivity contribution in [3.63, 3.8) is 0 Å². The topological polar surface area (TPSA) is 29.9 Å². The highest BCUT2D eigenvalue weighted by atomic mass is 15.3. The van der Waals surface area contributed by atoms with Gasteiger partial charge in [-0.2, -0.15) is 5.10 Å². The molecule has 0 aliphatic rings. The zero-order chi connectivity index (χ0) is 12.3. The van der Waals surface area contributed by atoms with E-state index in [1.54, 1.807) is 0 Å². The molecule has 1 N–H and O–H groups in total. The molecule has 0 saturated carbocycles. The van der Waals surface area contributed by atoms with Gasteiger partial charge in [0.2, 0.25) is 0 Å². The summed E-state index contributed by atoms with van der Waals surface area (Å²) in [6.07, 6.45) is 2.29. The molecule has 1 rings (SSSR count). The molecule has 16 heavy (non-hydrogen) atoms. The zero-order valence-electron chi connectivity index (χ0n) is 11.5. The van der Waals surface area contributed by atoms with Crippen LogP contribution >= 0.6 is 0 Å². The summed E-state index contributed by atoms with van der Waals surface area (Å²) in [5.74, 6) is 0. The Bertz CT molecular complexity index is 337. The molecule has 1 unspecified atom stereocenters. The average molecular weight is 223 g/mol. The van der Waals surface area contributed by atoms with E-state index in [-0.39, 0.29) is 0 Å². The van der Waals surface area contributed by atoms with Crippen molar-refractivity contribution in [1.29, 1.82) is 0 Å². The van der Waals surface area contributed by atoms with Crippen LogP contribution in [-0.2, 0) is 0 Å². The summed E-state index contributed by atoms with van der Waals surface area (Å²) < 4.78 is 2.21. The molecule has 92 valence electrons. The van der Waals surface area contributed by atoms with Crippen molar-refractivity contribution in [2.24, 2.45) is 0 Å². The third-order valence-electron chi connectivity index (χ3n) is 3.54. The van der Waals surface area contributed by atoms with E-state index in [0.717, 1.165) is 18.5 Å². The number of nitrogens with zero attached hydrogens (tertiary/aromatic N) is 2. The molecule has 3 nitrogen and oxygen atoms in total. The quantitative estimate of drug-likeness (QED) is 0.831. The normalized spacial score (nSPS) is 13.4. The Morgan fingerprint density at radius 2 is 1.81 bits per heavy atom. The number of aryl methyl sites for hydroxylation is 1. The van der Waals surface area contributed by atoms with Gasteiger partial charge in [0.15, 0.2) is 0 Å². The third-order valence-corrected chi connectivity index (χ3v) is 3.54. The van der Waals surface area contributed by atoms with E-state index >= 15 is 0 Å². The van der Waals surface area contributed by atoms with Gasteiger partial charge in [0.25, 0.3) is 0 Å². The van der Waals surface area contributed by atoms with Gasteiger partial charge in [-0.1, -0.05) is 13.8 Å². The monoisotopic (exact) mass is 223 g/mol. The van der Waals surface area contributed by atoms with Crippen LogP contribution in [0.4, 0.5) is 0 Å². The summed E-state index contributed by atoms with van der Waals surface area (Å²) in [4.78, 5) is 0. The Kier molecular flexibility index (Phi) is 4.54. The van der Waals surface area contributed by atoms with Crippen LogP contribution in [-0.4, -0.2) is 16.8 Å². The second-order valence-electron chi connectivity index (χ2n) is 4.51. The summed E-state index contributed by atoms with van der Waals surface area (Å²) in [6.45, 7) is 10.9. The van der Waals surface area contributed by atoms with E-state index in [9.17, 15) is 0 Å². The Hall–Kier alpha value is -0.830. The minimum absolute atomic E-state index is 0.378. The maximum absolute atomic E-state index is 4.70. The van der Waals surface area contributed by atoms with E-state index in [2.05, 4.69) is 44.6 Å². The molecular weight excluding hydrogens is 198 g/mol. The second kappa shape index (κ2) is 5.48. The van der Waals surface area contributed by atoms with Crippen LogP contribution in [0, 0.1) is 13.8 Å². The van der Waals surface area contributed by atoms with Crippen LogP contribution in [0.3, 0.4) is 0 Å². The number of hydrogen-bond acceptors (Lipinski definition) is 2. The fourth-order valence-corrected chi connectivity index (χ4v) is 2.44.